The van der Waals surface area contributed by atoms with E-state index in [1.807, 2.05) is 36.7 Å². The van der Waals surface area contributed by atoms with Gasteiger partial charge >= 0.3 is 0 Å². The smallest absolute Gasteiger partial charge is 0.253 e. The Morgan fingerprint density at radius 1 is 1.14 bits per heavy atom. The highest BCUT2D eigenvalue weighted by Crippen LogP contribution is 2.16. The van der Waals surface area contributed by atoms with Crippen LogP contribution in [0.2, 0.25) is 0 Å². The summed E-state index contributed by atoms with van der Waals surface area (Å²) in [5, 5.41) is 12.4. The Bertz CT molecular complexity index is 1100. The van der Waals surface area contributed by atoms with Crippen LogP contribution in [0, 0.1) is 13.8 Å². The van der Waals surface area contributed by atoms with E-state index in [2.05, 4.69) is 37.6 Å². The second-order valence-corrected chi connectivity index (χ2v) is 7.56. The van der Waals surface area contributed by atoms with Crippen molar-refractivity contribution < 1.29 is 4.79 Å². The van der Waals surface area contributed by atoms with Crippen LogP contribution in [0.1, 0.15) is 22.5 Å². The van der Waals surface area contributed by atoms with Crippen LogP contribution in [-0.4, -0.2) is 41.0 Å². The molecule has 1 N–H and O–H groups in total. The lowest BCUT2D eigenvalue weighted by Gasteiger charge is -2.07. The first-order chi connectivity index (χ1) is 14.1. The average molecular weight is 408 g/mol. The molecule has 0 unspecified atom stereocenters. The zero-order valence-electron chi connectivity index (χ0n) is 16.2. The molecule has 0 aliphatic carbocycles. The summed E-state index contributed by atoms with van der Waals surface area (Å²) in [5.41, 5.74) is 4.24. The van der Waals surface area contributed by atoms with Crippen molar-refractivity contribution in [2.24, 2.45) is 0 Å². The van der Waals surface area contributed by atoms with E-state index in [1.165, 1.54) is 17.3 Å². The lowest BCUT2D eigenvalue weighted by atomic mass is 10.2. The molecule has 0 fully saturated rings. The van der Waals surface area contributed by atoms with Crippen LogP contribution >= 0.6 is 11.8 Å². The van der Waals surface area contributed by atoms with Crippen LogP contribution < -0.4 is 5.32 Å². The number of hydrogen-bond donors (Lipinski definition) is 1. The molecule has 0 aliphatic rings. The lowest BCUT2D eigenvalue weighted by Crippen LogP contribution is -2.25. The minimum absolute atomic E-state index is 0.0728. The fourth-order valence-corrected chi connectivity index (χ4v) is 3.70. The number of fused-ring (bicyclic) bond motifs is 1. The Hall–Kier alpha value is -3.20. The van der Waals surface area contributed by atoms with E-state index in [4.69, 9.17) is 0 Å². The third-order valence-corrected chi connectivity index (χ3v) is 5.44. The number of thioether (sulfide) groups is 1. The average Bonchev–Trinajstić information content (AvgIpc) is 3.26. The van der Waals surface area contributed by atoms with E-state index in [1.54, 1.807) is 23.0 Å². The Morgan fingerprint density at radius 3 is 2.76 bits per heavy atom. The van der Waals surface area contributed by atoms with Gasteiger partial charge in [-0.3, -0.25) is 9.48 Å². The second kappa shape index (κ2) is 8.44. The number of benzene rings is 1. The van der Waals surface area contributed by atoms with Gasteiger partial charge in [-0.25, -0.2) is 9.50 Å². The number of rotatable bonds is 7. The van der Waals surface area contributed by atoms with Crippen molar-refractivity contribution >= 4 is 23.4 Å². The first-order valence-corrected chi connectivity index (χ1v) is 10.2. The number of carbonyl (C=O) groups is 1. The van der Waals surface area contributed by atoms with Gasteiger partial charge in [-0.15, -0.1) is 5.10 Å². The number of nitrogens with zero attached hydrogens (tertiary/aromatic N) is 6. The summed E-state index contributed by atoms with van der Waals surface area (Å²) in [6, 6.07) is 12.0. The Morgan fingerprint density at radius 2 is 1.97 bits per heavy atom. The molecule has 8 nitrogen and oxygen atoms in total. The number of nitrogens with one attached hydrogen (secondary N) is 1. The maximum atomic E-state index is 12.3. The third kappa shape index (κ3) is 4.45. The van der Waals surface area contributed by atoms with Gasteiger partial charge in [-0.05, 0) is 25.5 Å². The van der Waals surface area contributed by atoms with Crippen LogP contribution in [-0.2, 0) is 17.9 Å². The molecule has 1 amide bonds. The van der Waals surface area contributed by atoms with Gasteiger partial charge in [-0.2, -0.15) is 10.1 Å². The number of aryl methyl sites for hydroxylation is 1. The van der Waals surface area contributed by atoms with Crippen molar-refractivity contribution in [3.05, 3.63) is 71.3 Å². The molecule has 148 valence electrons. The molecule has 1 aromatic carbocycles. The summed E-state index contributed by atoms with van der Waals surface area (Å²) < 4.78 is 3.57. The van der Waals surface area contributed by atoms with E-state index in [0.29, 0.717) is 24.0 Å². The van der Waals surface area contributed by atoms with Gasteiger partial charge in [0.1, 0.15) is 0 Å². The van der Waals surface area contributed by atoms with E-state index in [9.17, 15) is 4.79 Å². The maximum absolute atomic E-state index is 12.3. The first-order valence-electron chi connectivity index (χ1n) is 9.24. The first kappa shape index (κ1) is 19.1. The summed E-state index contributed by atoms with van der Waals surface area (Å²) in [5.74, 6) is 0.691. The van der Waals surface area contributed by atoms with E-state index < -0.39 is 0 Å². The molecule has 0 saturated carbocycles. The number of amides is 1. The molecule has 9 heteroatoms. The highest BCUT2D eigenvalue weighted by molar-refractivity contribution is 7.99. The minimum atomic E-state index is -0.0728. The monoisotopic (exact) mass is 407 g/mol. The molecule has 3 aromatic heterocycles. The molecule has 0 spiro atoms. The molecule has 0 atom stereocenters. The van der Waals surface area contributed by atoms with Gasteiger partial charge < -0.3 is 5.32 Å². The summed E-state index contributed by atoms with van der Waals surface area (Å²) in [6.07, 6.45) is 3.44. The number of hydrogen-bond acceptors (Lipinski definition) is 6. The topological polar surface area (TPSA) is 90.0 Å². The largest absolute Gasteiger partial charge is 0.351 e. The highest BCUT2D eigenvalue weighted by Gasteiger charge is 2.14. The quantitative estimate of drug-likeness (QED) is 0.473. The van der Waals surface area contributed by atoms with Crippen molar-refractivity contribution in [3.63, 3.8) is 0 Å². The van der Waals surface area contributed by atoms with E-state index in [-0.39, 0.29) is 11.7 Å². The Balaban J connectivity index is 1.34. The lowest BCUT2D eigenvalue weighted by molar-refractivity contribution is -0.118. The number of aromatic nitrogens is 6. The highest BCUT2D eigenvalue weighted by atomic mass is 32.2. The molecule has 3 heterocycles. The number of carbonyl (C=O) groups excluding carboxylic acids is 1. The third-order valence-electron chi connectivity index (χ3n) is 4.60. The molecule has 0 saturated heterocycles. The summed E-state index contributed by atoms with van der Waals surface area (Å²) in [6.45, 7) is 5.17. The molecule has 4 rings (SSSR count). The van der Waals surface area contributed by atoms with Crippen LogP contribution in [0.15, 0.2) is 53.9 Å². The summed E-state index contributed by atoms with van der Waals surface area (Å²) in [4.78, 5) is 20.7. The fraction of sp³-hybridized carbons (Fsp3) is 0.250. The van der Waals surface area contributed by atoms with Crippen molar-refractivity contribution in [3.8, 4) is 0 Å². The summed E-state index contributed by atoms with van der Waals surface area (Å²) in [7, 11) is 0. The van der Waals surface area contributed by atoms with Crippen LogP contribution in [0.5, 0.6) is 0 Å². The van der Waals surface area contributed by atoms with Crippen LogP contribution in [0.4, 0.5) is 0 Å². The van der Waals surface area contributed by atoms with Gasteiger partial charge in [-0.1, -0.05) is 42.1 Å². The Kier molecular flexibility index (Phi) is 5.57. The molecule has 0 bridgehead atoms. The second-order valence-electron chi connectivity index (χ2n) is 6.62. The van der Waals surface area contributed by atoms with Crippen LogP contribution in [0.3, 0.4) is 0 Å². The van der Waals surface area contributed by atoms with Gasteiger partial charge in [0.2, 0.25) is 11.1 Å². The molecule has 4 aromatic rings. The van der Waals surface area contributed by atoms with Gasteiger partial charge in [0.15, 0.2) is 0 Å². The maximum Gasteiger partial charge on any atom is 0.253 e. The zero-order valence-corrected chi connectivity index (χ0v) is 17.1. The molecular formula is C20H21N7OS. The van der Waals surface area contributed by atoms with Crippen molar-refractivity contribution in [1.29, 1.82) is 0 Å². The van der Waals surface area contributed by atoms with Crippen molar-refractivity contribution in [1.82, 2.24) is 34.7 Å². The van der Waals surface area contributed by atoms with E-state index >= 15 is 0 Å². The van der Waals surface area contributed by atoms with Crippen molar-refractivity contribution in [2.45, 2.75) is 32.1 Å². The van der Waals surface area contributed by atoms with E-state index in [0.717, 1.165) is 17.0 Å². The summed E-state index contributed by atoms with van der Waals surface area (Å²) >= 11 is 1.29. The fourth-order valence-electron chi connectivity index (χ4n) is 3.04. The SMILES string of the molecule is Cc1nn(Cc2ccccc2)c(C)c1CNC(=O)CSc1nc2ncccn2n1. The zero-order chi connectivity index (χ0) is 20.2. The predicted molar refractivity (Wildman–Crippen MR) is 111 cm³/mol. The van der Waals surface area contributed by atoms with Crippen LogP contribution in [0.25, 0.3) is 5.78 Å². The van der Waals surface area contributed by atoms with Gasteiger partial charge in [0, 0.05) is 30.2 Å². The standard InChI is InChI=1S/C20H21N7OS/c1-14-17(15(2)27(24-14)12-16-7-4-3-5-8-16)11-22-18(28)13-29-20-23-19-21-9-6-10-26(19)25-20/h3-10H,11-13H2,1-2H3,(H,22,28). The molecule has 0 radical (unpaired) electrons. The molecular weight excluding hydrogens is 386 g/mol. The molecule has 29 heavy (non-hydrogen) atoms. The minimum Gasteiger partial charge on any atom is -0.351 e. The van der Waals surface area contributed by atoms with Gasteiger partial charge in [0.05, 0.1) is 18.0 Å². The molecule has 0 aliphatic heterocycles. The van der Waals surface area contributed by atoms with Gasteiger partial charge in [0.25, 0.3) is 5.78 Å². The normalized spacial score (nSPS) is 11.1. The van der Waals surface area contributed by atoms with Crippen molar-refractivity contribution in [2.75, 3.05) is 5.75 Å². The Labute approximate surface area is 172 Å². The predicted octanol–water partition coefficient (Wildman–Crippen LogP) is 2.39.